The summed E-state index contributed by atoms with van der Waals surface area (Å²) in [4.78, 5) is 28.6. The average Bonchev–Trinajstić information content (AvgIpc) is 3.77. The van der Waals surface area contributed by atoms with Crippen molar-refractivity contribution >= 4 is 56.5 Å². The number of halogens is 3. The van der Waals surface area contributed by atoms with Crippen molar-refractivity contribution in [3.63, 3.8) is 0 Å². The van der Waals surface area contributed by atoms with E-state index in [1.807, 2.05) is 0 Å². The Labute approximate surface area is 224 Å². The highest BCUT2D eigenvalue weighted by molar-refractivity contribution is 7.92. The quantitative estimate of drug-likeness (QED) is 0.561. The summed E-state index contributed by atoms with van der Waals surface area (Å²) in [6, 6.07) is 12.2. The first-order valence-electron chi connectivity index (χ1n) is 11.5. The van der Waals surface area contributed by atoms with Crippen molar-refractivity contribution in [2.24, 2.45) is 0 Å². The van der Waals surface area contributed by atoms with Gasteiger partial charge in [0.1, 0.15) is 11.6 Å². The van der Waals surface area contributed by atoms with Crippen molar-refractivity contribution in [1.82, 2.24) is 10.2 Å². The van der Waals surface area contributed by atoms with Gasteiger partial charge in [0.2, 0.25) is 11.8 Å². The number of rotatable bonds is 6. The fourth-order valence-corrected chi connectivity index (χ4v) is 7.40. The number of hydrogen-bond acceptors (Lipinski definition) is 5. The van der Waals surface area contributed by atoms with Gasteiger partial charge in [-0.1, -0.05) is 53.0 Å². The molecule has 36 heavy (non-hydrogen) atoms. The zero-order valence-electron chi connectivity index (χ0n) is 19.0. The molecule has 0 radical (unpaired) electrons. The Hall–Kier alpha value is -2.31. The minimum Gasteiger partial charge on any atom is -0.336 e. The van der Waals surface area contributed by atoms with Gasteiger partial charge in [0.05, 0.1) is 36.7 Å². The van der Waals surface area contributed by atoms with Crippen LogP contribution in [-0.4, -0.2) is 48.5 Å². The number of nitriles is 1. The second kappa shape index (κ2) is 8.91. The summed E-state index contributed by atoms with van der Waals surface area (Å²) in [6.07, 6.45) is 2.02. The van der Waals surface area contributed by atoms with E-state index >= 15 is 0 Å². The molecule has 0 unspecified atom stereocenters. The second-order valence-electron chi connectivity index (χ2n) is 9.70. The topological polar surface area (TPSA) is 107 Å². The first-order chi connectivity index (χ1) is 17.0. The molecule has 2 aromatic rings. The standard InChI is InChI=1S/C25H22Cl3N3O4S/c26-17-6-5-15(11-19(17)28)25(9-10-25)23(33)31-13-16(36(34,35)21-4-2-1-3-18(21)27)12-20(31)22(32)30-24(14-29)7-8-24/h1-6,11,16,20H,7-10,12-13H2,(H,30,32)/t16-,20+/m1/s1. The third-order valence-corrected chi connectivity index (χ3v) is 10.7. The molecular weight excluding hydrogens is 545 g/mol. The molecule has 0 aromatic heterocycles. The predicted octanol–water partition coefficient (Wildman–Crippen LogP) is 4.29. The van der Waals surface area contributed by atoms with Crippen LogP contribution in [0.2, 0.25) is 15.1 Å². The lowest BCUT2D eigenvalue weighted by Gasteiger charge is -2.29. The van der Waals surface area contributed by atoms with Crippen LogP contribution in [0.5, 0.6) is 0 Å². The number of benzene rings is 2. The third-order valence-electron chi connectivity index (χ3n) is 7.37. The van der Waals surface area contributed by atoms with Crippen molar-refractivity contribution in [3.8, 4) is 6.07 Å². The van der Waals surface area contributed by atoms with E-state index in [0.29, 0.717) is 41.3 Å². The molecule has 2 amide bonds. The average molecular weight is 567 g/mol. The Morgan fingerprint density at radius 2 is 1.69 bits per heavy atom. The number of amides is 2. The van der Waals surface area contributed by atoms with Crippen LogP contribution in [0.25, 0.3) is 0 Å². The molecule has 2 aliphatic carbocycles. The molecule has 3 aliphatic rings. The van der Waals surface area contributed by atoms with Gasteiger partial charge in [-0.15, -0.1) is 0 Å². The lowest BCUT2D eigenvalue weighted by Crippen LogP contribution is -2.51. The van der Waals surface area contributed by atoms with E-state index in [9.17, 15) is 23.3 Å². The molecule has 1 saturated heterocycles. The number of sulfone groups is 1. The summed E-state index contributed by atoms with van der Waals surface area (Å²) < 4.78 is 27.0. The van der Waals surface area contributed by atoms with E-state index in [2.05, 4.69) is 11.4 Å². The summed E-state index contributed by atoms with van der Waals surface area (Å²) in [5.74, 6) is -0.858. The molecule has 188 valence electrons. The Balaban J connectivity index is 1.49. The number of nitrogens with zero attached hydrogens (tertiary/aromatic N) is 2. The predicted molar refractivity (Wildman–Crippen MR) is 136 cm³/mol. The number of carbonyl (C=O) groups excluding carboxylic acids is 2. The minimum absolute atomic E-state index is 0.0357. The number of likely N-dealkylation sites (tertiary alicyclic amines) is 1. The second-order valence-corrected chi connectivity index (χ2v) is 13.1. The van der Waals surface area contributed by atoms with Gasteiger partial charge in [-0.25, -0.2) is 8.42 Å². The summed E-state index contributed by atoms with van der Waals surface area (Å²) in [5, 5.41) is 11.9. The van der Waals surface area contributed by atoms with E-state index in [1.54, 1.807) is 30.3 Å². The molecule has 11 heteroatoms. The first-order valence-corrected chi connectivity index (χ1v) is 14.2. The summed E-state index contributed by atoms with van der Waals surface area (Å²) in [5.41, 5.74) is -1.18. The summed E-state index contributed by atoms with van der Waals surface area (Å²) >= 11 is 18.5. The van der Waals surface area contributed by atoms with Crippen LogP contribution in [0.15, 0.2) is 47.4 Å². The minimum atomic E-state index is -3.95. The molecule has 2 atom stereocenters. The van der Waals surface area contributed by atoms with Crippen LogP contribution in [0.3, 0.4) is 0 Å². The maximum absolute atomic E-state index is 14.0. The van der Waals surface area contributed by atoms with E-state index in [0.717, 1.165) is 0 Å². The maximum Gasteiger partial charge on any atom is 0.244 e. The van der Waals surface area contributed by atoms with Crippen molar-refractivity contribution in [3.05, 3.63) is 63.1 Å². The maximum atomic E-state index is 14.0. The van der Waals surface area contributed by atoms with Crippen molar-refractivity contribution < 1.29 is 18.0 Å². The Kier molecular flexibility index (Phi) is 6.27. The smallest absolute Gasteiger partial charge is 0.244 e. The van der Waals surface area contributed by atoms with Crippen LogP contribution in [-0.2, 0) is 24.8 Å². The SMILES string of the molecule is N#CC1(NC(=O)[C@@H]2C[C@@H](S(=O)(=O)c3ccccc3Cl)CN2C(=O)C2(c3ccc(Cl)c(Cl)c3)CC2)CC1. The zero-order valence-corrected chi connectivity index (χ0v) is 22.1. The van der Waals surface area contributed by atoms with Crippen LogP contribution < -0.4 is 5.32 Å². The Bertz CT molecular complexity index is 1410. The zero-order chi connectivity index (χ0) is 25.9. The van der Waals surface area contributed by atoms with Gasteiger partial charge in [-0.05, 0) is 61.9 Å². The molecule has 0 bridgehead atoms. The van der Waals surface area contributed by atoms with Gasteiger partial charge in [-0.3, -0.25) is 9.59 Å². The van der Waals surface area contributed by atoms with Crippen molar-refractivity contribution in [1.29, 1.82) is 5.26 Å². The van der Waals surface area contributed by atoms with Crippen molar-refractivity contribution in [2.75, 3.05) is 6.54 Å². The van der Waals surface area contributed by atoms with E-state index in [4.69, 9.17) is 34.8 Å². The van der Waals surface area contributed by atoms with Gasteiger partial charge in [-0.2, -0.15) is 5.26 Å². The lowest BCUT2D eigenvalue weighted by atomic mass is 9.94. The lowest BCUT2D eigenvalue weighted by molar-refractivity contribution is -0.140. The highest BCUT2D eigenvalue weighted by Crippen LogP contribution is 2.52. The molecule has 7 nitrogen and oxygen atoms in total. The van der Waals surface area contributed by atoms with E-state index < -0.39 is 38.0 Å². The summed E-state index contributed by atoms with van der Waals surface area (Å²) in [6.45, 7) is -0.160. The fourth-order valence-electron chi connectivity index (χ4n) is 4.88. The number of hydrogen-bond donors (Lipinski definition) is 1. The molecule has 2 saturated carbocycles. The molecule has 0 spiro atoms. The van der Waals surface area contributed by atoms with Gasteiger partial charge in [0, 0.05) is 6.54 Å². The highest BCUT2D eigenvalue weighted by atomic mass is 35.5. The summed E-state index contributed by atoms with van der Waals surface area (Å²) in [7, 11) is -3.95. The van der Waals surface area contributed by atoms with Gasteiger partial charge in [0.15, 0.2) is 9.84 Å². The number of carbonyl (C=O) groups is 2. The largest absolute Gasteiger partial charge is 0.336 e. The van der Waals surface area contributed by atoms with E-state index in [-0.39, 0.29) is 28.8 Å². The fraction of sp³-hybridized carbons (Fsp3) is 0.400. The monoisotopic (exact) mass is 565 g/mol. The molecule has 1 aliphatic heterocycles. The molecule has 2 aromatic carbocycles. The van der Waals surface area contributed by atoms with Crippen molar-refractivity contribution in [2.45, 2.75) is 59.2 Å². The van der Waals surface area contributed by atoms with Gasteiger partial charge < -0.3 is 10.2 Å². The molecular formula is C25H22Cl3N3O4S. The van der Waals surface area contributed by atoms with Gasteiger partial charge in [0.25, 0.3) is 0 Å². The van der Waals surface area contributed by atoms with E-state index in [1.165, 1.54) is 17.0 Å². The Morgan fingerprint density at radius 3 is 2.28 bits per heavy atom. The molecule has 5 rings (SSSR count). The third kappa shape index (κ3) is 4.26. The highest BCUT2D eigenvalue weighted by Gasteiger charge is 2.58. The molecule has 3 fully saturated rings. The molecule has 1 heterocycles. The van der Waals surface area contributed by atoms with Crippen LogP contribution in [0.1, 0.15) is 37.7 Å². The van der Waals surface area contributed by atoms with Crippen LogP contribution in [0, 0.1) is 11.3 Å². The molecule has 1 N–H and O–H groups in total. The normalized spacial score (nSPS) is 23.6. The van der Waals surface area contributed by atoms with Crippen LogP contribution in [0.4, 0.5) is 0 Å². The Morgan fingerprint density at radius 1 is 1.00 bits per heavy atom. The van der Waals surface area contributed by atoms with Gasteiger partial charge >= 0.3 is 0 Å². The first kappa shape index (κ1) is 25.3. The number of nitrogens with one attached hydrogen (secondary N) is 1. The van der Waals surface area contributed by atoms with Crippen LogP contribution >= 0.6 is 34.8 Å².